The van der Waals surface area contributed by atoms with Gasteiger partial charge in [0, 0.05) is 18.7 Å². The first-order valence-corrected chi connectivity index (χ1v) is 6.80. The van der Waals surface area contributed by atoms with Gasteiger partial charge in [-0.2, -0.15) is 5.10 Å². The zero-order chi connectivity index (χ0) is 13.0. The molecule has 0 bridgehead atoms. The molecule has 17 heavy (non-hydrogen) atoms. The second kappa shape index (κ2) is 6.41. The average Bonchev–Trinajstić information content (AvgIpc) is 2.52. The fourth-order valence-electron chi connectivity index (χ4n) is 2.38. The normalized spacial score (nSPS) is 14.9. The maximum Gasteiger partial charge on any atom is 0.130 e. The van der Waals surface area contributed by atoms with Gasteiger partial charge in [0.1, 0.15) is 5.15 Å². The second-order valence-corrected chi connectivity index (χ2v) is 5.09. The van der Waals surface area contributed by atoms with Gasteiger partial charge in [0.2, 0.25) is 0 Å². The third-order valence-electron chi connectivity index (χ3n) is 3.39. The predicted octanol–water partition coefficient (Wildman–Crippen LogP) is 2.95. The summed E-state index contributed by atoms with van der Waals surface area (Å²) in [5, 5.41) is 8.67. The second-order valence-electron chi connectivity index (χ2n) is 4.73. The molecule has 0 spiro atoms. The van der Waals surface area contributed by atoms with E-state index in [1.807, 2.05) is 14.0 Å². The summed E-state index contributed by atoms with van der Waals surface area (Å²) in [6.07, 6.45) is 2.13. The monoisotopic (exact) mass is 257 g/mol. The maximum absolute atomic E-state index is 6.26. The van der Waals surface area contributed by atoms with E-state index >= 15 is 0 Å². The Morgan fingerprint density at radius 3 is 2.47 bits per heavy atom. The van der Waals surface area contributed by atoms with Crippen molar-refractivity contribution < 1.29 is 0 Å². The standard InChI is InChI=1S/C13H24ClN3/c1-6-12(15-7-2)9(3)8-11-10(4)16-17(5)13(11)14/h9,12,15H,6-8H2,1-5H3. The molecule has 2 atom stereocenters. The minimum Gasteiger partial charge on any atom is -0.314 e. The minimum absolute atomic E-state index is 0.552. The molecule has 3 nitrogen and oxygen atoms in total. The maximum atomic E-state index is 6.26. The van der Waals surface area contributed by atoms with Crippen LogP contribution in [0.1, 0.15) is 38.4 Å². The lowest BCUT2D eigenvalue weighted by Crippen LogP contribution is -2.35. The highest BCUT2D eigenvalue weighted by atomic mass is 35.5. The van der Waals surface area contributed by atoms with Crippen LogP contribution in [0.4, 0.5) is 0 Å². The van der Waals surface area contributed by atoms with Gasteiger partial charge in [0.25, 0.3) is 0 Å². The van der Waals surface area contributed by atoms with Crippen LogP contribution in [0.15, 0.2) is 0 Å². The van der Waals surface area contributed by atoms with Gasteiger partial charge in [-0.25, -0.2) is 0 Å². The topological polar surface area (TPSA) is 29.9 Å². The van der Waals surface area contributed by atoms with Crippen molar-refractivity contribution in [3.05, 3.63) is 16.4 Å². The van der Waals surface area contributed by atoms with Crippen molar-refractivity contribution in [2.45, 2.75) is 46.6 Å². The molecule has 1 aromatic rings. The molecule has 0 radical (unpaired) electrons. The summed E-state index contributed by atoms with van der Waals surface area (Å²) in [6.45, 7) is 9.70. The van der Waals surface area contributed by atoms with Gasteiger partial charge >= 0.3 is 0 Å². The Balaban J connectivity index is 2.76. The molecule has 1 N–H and O–H groups in total. The highest BCUT2D eigenvalue weighted by molar-refractivity contribution is 6.30. The number of nitrogens with zero attached hydrogens (tertiary/aromatic N) is 2. The smallest absolute Gasteiger partial charge is 0.130 e. The van der Waals surface area contributed by atoms with E-state index in [2.05, 4.69) is 31.2 Å². The Bertz CT molecular complexity index is 360. The fraction of sp³-hybridized carbons (Fsp3) is 0.769. The molecule has 0 saturated carbocycles. The van der Waals surface area contributed by atoms with Crippen LogP contribution >= 0.6 is 11.6 Å². The third kappa shape index (κ3) is 3.46. The van der Waals surface area contributed by atoms with Crippen LogP contribution in [0.5, 0.6) is 0 Å². The molecule has 0 amide bonds. The Hall–Kier alpha value is -0.540. The first kappa shape index (κ1) is 14.5. The molecule has 0 aromatic carbocycles. The lowest BCUT2D eigenvalue weighted by Gasteiger charge is -2.23. The van der Waals surface area contributed by atoms with E-state index in [-0.39, 0.29) is 0 Å². The first-order valence-electron chi connectivity index (χ1n) is 6.42. The van der Waals surface area contributed by atoms with Crippen LogP contribution in [0, 0.1) is 12.8 Å². The molecule has 1 aromatic heterocycles. The molecule has 0 aliphatic heterocycles. The molecule has 0 fully saturated rings. The van der Waals surface area contributed by atoms with Gasteiger partial charge in [-0.05, 0) is 32.2 Å². The van der Waals surface area contributed by atoms with Crippen LogP contribution in [0.3, 0.4) is 0 Å². The van der Waals surface area contributed by atoms with Gasteiger partial charge in [-0.15, -0.1) is 0 Å². The van der Waals surface area contributed by atoms with E-state index in [9.17, 15) is 0 Å². The van der Waals surface area contributed by atoms with Gasteiger partial charge in [0.05, 0.1) is 5.69 Å². The lowest BCUT2D eigenvalue weighted by atomic mass is 9.92. The van der Waals surface area contributed by atoms with Crippen molar-refractivity contribution >= 4 is 11.6 Å². The molecular weight excluding hydrogens is 234 g/mol. The Labute approximate surface area is 110 Å². The van der Waals surface area contributed by atoms with Crippen molar-refractivity contribution in [1.82, 2.24) is 15.1 Å². The van der Waals surface area contributed by atoms with E-state index < -0.39 is 0 Å². The molecule has 1 rings (SSSR count). The Morgan fingerprint density at radius 2 is 2.06 bits per heavy atom. The first-order chi connectivity index (χ1) is 8.01. The quantitative estimate of drug-likeness (QED) is 0.849. The summed E-state index contributed by atoms with van der Waals surface area (Å²) >= 11 is 6.26. The number of aromatic nitrogens is 2. The zero-order valence-electron chi connectivity index (χ0n) is 11.5. The highest BCUT2D eigenvalue weighted by Gasteiger charge is 2.19. The summed E-state index contributed by atoms with van der Waals surface area (Å²) < 4.78 is 1.76. The molecule has 2 unspecified atom stereocenters. The molecule has 98 valence electrons. The summed E-state index contributed by atoms with van der Waals surface area (Å²) in [5.41, 5.74) is 2.24. The number of aryl methyl sites for hydroxylation is 2. The minimum atomic E-state index is 0.552. The fourth-order valence-corrected chi connectivity index (χ4v) is 2.63. The van der Waals surface area contributed by atoms with Crippen molar-refractivity contribution in [1.29, 1.82) is 0 Å². The van der Waals surface area contributed by atoms with Crippen molar-refractivity contribution in [3.8, 4) is 0 Å². The molecule has 0 aliphatic rings. The van der Waals surface area contributed by atoms with Crippen molar-refractivity contribution in [2.24, 2.45) is 13.0 Å². The van der Waals surface area contributed by atoms with E-state index in [1.165, 1.54) is 5.56 Å². The zero-order valence-corrected chi connectivity index (χ0v) is 12.3. The number of hydrogen-bond donors (Lipinski definition) is 1. The van der Waals surface area contributed by atoms with E-state index in [0.29, 0.717) is 12.0 Å². The Kier molecular flexibility index (Phi) is 5.47. The SMILES string of the molecule is CCNC(CC)C(C)Cc1c(C)nn(C)c1Cl. The van der Waals surface area contributed by atoms with Crippen LogP contribution in [0.2, 0.25) is 5.15 Å². The van der Waals surface area contributed by atoms with Crippen LogP contribution < -0.4 is 5.32 Å². The van der Waals surface area contributed by atoms with Gasteiger partial charge < -0.3 is 5.32 Å². The molecule has 0 aliphatic carbocycles. The highest BCUT2D eigenvalue weighted by Crippen LogP contribution is 2.23. The largest absolute Gasteiger partial charge is 0.314 e. The van der Waals surface area contributed by atoms with E-state index in [0.717, 1.165) is 30.2 Å². The van der Waals surface area contributed by atoms with Crippen LogP contribution in [0.25, 0.3) is 0 Å². The summed E-state index contributed by atoms with van der Waals surface area (Å²) in [5.74, 6) is 0.570. The summed E-state index contributed by atoms with van der Waals surface area (Å²) in [6, 6.07) is 0.552. The lowest BCUT2D eigenvalue weighted by molar-refractivity contribution is 0.370. The number of halogens is 1. The van der Waals surface area contributed by atoms with Crippen LogP contribution in [-0.2, 0) is 13.5 Å². The molecular formula is C13H24ClN3. The van der Waals surface area contributed by atoms with Gasteiger partial charge in [0.15, 0.2) is 0 Å². The molecule has 0 saturated heterocycles. The predicted molar refractivity (Wildman–Crippen MR) is 73.6 cm³/mol. The van der Waals surface area contributed by atoms with Crippen molar-refractivity contribution in [3.63, 3.8) is 0 Å². The summed E-state index contributed by atoms with van der Waals surface area (Å²) in [7, 11) is 1.89. The number of hydrogen-bond acceptors (Lipinski definition) is 2. The van der Waals surface area contributed by atoms with E-state index in [4.69, 9.17) is 11.6 Å². The average molecular weight is 258 g/mol. The van der Waals surface area contributed by atoms with Crippen molar-refractivity contribution in [2.75, 3.05) is 6.54 Å². The molecule has 1 heterocycles. The number of nitrogens with one attached hydrogen (secondary N) is 1. The summed E-state index contributed by atoms with van der Waals surface area (Å²) in [4.78, 5) is 0. The van der Waals surface area contributed by atoms with Gasteiger partial charge in [-0.3, -0.25) is 4.68 Å². The third-order valence-corrected chi connectivity index (χ3v) is 3.86. The van der Waals surface area contributed by atoms with Gasteiger partial charge in [-0.1, -0.05) is 32.4 Å². The molecule has 4 heteroatoms. The number of rotatable bonds is 6. The van der Waals surface area contributed by atoms with E-state index in [1.54, 1.807) is 4.68 Å². The van der Waals surface area contributed by atoms with Crippen LogP contribution in [-0.4, -0.2) is 22.4 Å². The Morgan fingerprint density at radius 1 is 1.41 bits per heavy atom.